The molecule has 24 heavy (non-hydrogen) atoms. The van der Waals surface area contributed by atoms with Crippen LogP contribution in [-0.4, -0.2) is 40.1 Å². The summed E-state index contributed by atoms with van der Waals surface area (Å²) in [6.45, 7) is 2.22. The van der Waals surface area contributed by atoms with Gasteiger partial charge in [-0.3, -0.25) is 15.1 Å². The van der Waals surface area contributed by atoms with Crippen molar-refractivity contribution in [3.05, 3.63) is 11.3 Å². The van der Waals surface area contributed by atoms with Crippen molar-refractivity contribution in [2.75, 3.05) is 6.61 Å². The van der Waals surface area contributed by atoms with Crippen LogP contribution in [0.25, 0.3) is 0 Å². The van der Waals surface area contributed by atoms with E-state index in [9.17, 15) is 15.0 Å². The molecule has 4 unspecified atom stereocenters. The van der Waals surface area contributed by atoms with Crippen molar-refractivity contribution in [1.82, 2.24) is 5.48 Å². The van der Waals surface area contributed by atoms with Gasteiger partial charge in [-0.05, 0) is 31.3 Å². The molecule has 2 aliphatic carbocycles. The number of unbranched alkanes of at least 4 members (excludes halogenated alkanes) is 2. The predicted molar refractivity (Wildman–Crippen MR) is 88.5 cm³/mol. The van der Waals surface area contributed by atoms with Gasteiger partial charge in [-0.1, -0.05) is 31.6 Å². The van der Waals surface area contributed by atoms with Gasteiger partial charge in [0.2, 0.25) is 0 Å². The Kier molecular flexibility index (Phi) is 7.10. The Hall–Kier alpha value is -1.55. The number of aliphatic hydroxyl groups is 2. The normalized spacial score (nSPS) is 26.2. The van der Waals surface area contributed by atoms with Crippen LogP contribution in [0, 0.1) is 23.7 Å². The number of allylic oxidation sites excluding steroid dienone is 1. The second-order valence-electron chi connectivity index (χ2n) is 6.51. The molecule has 1 saturated carbocycles. The molecule has 0 aromatic rings. The largest absolute Gasteiger partial charge is 0.481 e. The van der Waals surface area contributed by atoms with E-state index in [0.717, 1.165) is 37.0 Å². The highest BCUT2D eigenvalue weighted by atomic mass is 16.6. The van der Waals surface area contributed by atoms with E-state index in [1.165, 1.54) is 0 Å². The third-order valence-corrected chi connectivity index (χ3v) is 4.65. The highest BCUT2D eigenvalue weighted by molar-refractivity contribution is 5.66. The van der Waals surface area contributed by atoms with Gasteiger partial charge in [-0.25, -0.2) is 0 Å². The lowest BCUT2D eigenvalue weighted by Crippen LogP contribution is -2.30. The van der Waals surface area contributed by atoms with E-state index in [-0.39, 0.29) is 24.9 Å². The van der Waals surface area contributed by atoms with Gasteiger partial charge in [-0.2, -0.15) is 0 Å². The molecule has 0 amide bonds. The topological polar surface area (TPSA) is 99.0 Å². The summed E-state index contributed by atoms with van der Waals surface area (Å²) in [6.07, 6.45) is 3.97. The van der Waals surface area contributed by atoms with Crippen LogP contribution in [0.1, 0.15) is 51.9 Å². The SMILES string of the molecule is CCCCCC(O)C#CC1C(O)CC2=C(NOCCC(=O)O)CC21. The molecule has 0 bridgehead atoms. The molecule has 0 aromatic heterocycles. The Morgan fingerprint density at radius 1 is 1.42 bits per heavy atom. The second-order valence-corrected chi connectivity index (χ2v) is 6.51. The van der Waals surface area contributed by atoms with Crippen molar-refractivity contribution >= 4 is 5.97 Å². The number of carboxylic acids is 1. The van der Waals surface area contributed by atoms with Crippen LogP contribution in [0.15, 0.2) is 11.3 Å². The quantitative estimate of drug-likeness (QED) is 0.290. The van der Waals surface area contributed by atoms with Crippen molar-refractivity contribution in [3.8, 4) is 11.8 Å². The molecule has 6 nitrogen and oxygen atoms in total. The summed E-state index contributed by atoms with van der Waals surface area (Å²) in [7, 11) is 0. The highest BCUT2D eigenvalue weighted by Crippen LogP contribution is 2.48. The fraction of sp³-hybridized carbons (Fsp3) is 0.722. The van der Waals surface area contributed by atoms with E-state index < -0.39 is 18.2 Å². The molecule has 134 valence electrons. The van der Waals surface area contributed by atoms with Gasteiger partial charge in [0.25, 0.3) is 0 Å². The van der Waals surface area contributed by atoms with Gasteiger partial charge in [0, 0.05) is 11.6 Å². The fourth-order valence-electron chi connectivity index (χ4n) is 3.24. The molecule has 0 radical (unpaired) electrons. The van der Waals surface area contributed by atoms with Crippen molar-refractivity contribution in [1.29, 1.82) is 0 Å². The molecular formula is C18H27NO5. The van der Waals surface area contributed by atoms with E-state index >= 15 is 0 Å². The van der Waals surface area contributed by atoms with E-state index in [1.807, 2.05) is 0 Å². The summed E-state index contributed by atoms with van der Waals surface area (Å²) >= 11 is 0. The predicted octanol–water partition coefficient (Wildman–Crippen LogP) is 1.58. The van der Waals surface area contributed by atoms with Crippen LogP contribution in [-0.2, 0) is 9.63 Å². The molecule has 4 atom stereocenters. The zero-order valence-corrected chi connectivity index (χ0v) is 14.1. The summed E-state index contributed by atoms with van der Waals surface area (Å²) < 4.78 is 0. The first kappa shape index (κ1) is 18.8. The number of fused-ring (bicyclic) bond motifs is 1. The monoisotopic (exact) mass is 337 g/mol. The first-order chi connectivity index (χ1) is 11.5. The van der Waals surface area contributed by atoms with Crippen LogP contribution in [0.3, 0.4) is 0 Å². The molecule has 4 N–H and O–H groups in total. The minimum atomic E-state index is -0.898. The Morgan fingerprint density at radius 2 is 2.21 bits per heavy atom. The number of hydrogen-bond acceptors (Lipinski definition) is 5. The van der Waals surface area contributed by atoms with Crippen LogP contribution in [0.4, 0.5) is 0 Å². The van der Waals surface area contributed by atoms with E-state index in [0.29, 0.717) is 12.8 Å². The van der Waals surface area contributed by atoms with Crippen LogP contribution >= 0.6 is 0 Å². The molecule has 0 heterocycles. The summed E-state index contributed by atoms with van der Waals surface area (Å²) in [5.41, 5.74) is 4.83. The van der Waals surface area contributed by atoms with Gasteiger partial charge in [0.1, 0.15) is 6.10 Å². The van der Waals surface area contributed by atoms with Crippen molar-refractivity contribution in [2.45, 2.75) is 64.1 Å². The van der Waals surface area contributed by atoms with E-state index in [2.05, 4.69) is 24.2 Å². The second kappa shape index (κ2) is 9.07. The van der Waals surface area contributed by atoms with Crippen molar-refractivity contribution in [2.24, 2.45) is 11.8 Å². The zero-order chi connectivity index (χ0) is 17.5. The first-order valence-corrected chi connectivity index (χ1v) is 8.71. The number of rotatable bonds is 9. The van der Waals surface area contributed by atoms with Crippen molar-refractivity contribution < 1.29 is 25.0 Å². The molecule has 0 saturated heterocycles. The minimum Gasteiger partial charge on any atom is -0.481 e. The smallest absolute Gasteiger partial charge is 0.305 e. The average Bonchev–Trinajstić information content (AvgIpc) is 2.77. The summed E-state index contributed by atoms with van der Waals surface area (Å²) in [5.74, 6) is 5.12. The Bertz CT molecular complexity index is 533. The number of nitrogens with one attached hydrogen (secondary N) is 1. The maximum Gasteiger partial charge on any atom is 0.305 e. The maximum atomic E-state index is 10.4. The third kappa shape index (κ3) is 4.97. The van der Waals surface area contributed by atoms with Crippen LogP contribution in [0.2, 0.25) is 0 Å². The Balaban J connectivity index is 1.81. The van der Waals surface area contributed by atoms with Gasteiger partial charge in [0.05, 0.1) is 25.0 Å². The number of hydrogen-bond donors (Lipinski definition) is 4. The summed E-state index contributed by atoms with van der Waals surface area (Å²) in [6, 6.07) is 0. The minimum absolute atomic E-state index is 0.0499. The number of aliphatic hydroxyl groups excluding tert-OH is 2. The molecule has 1 fully saturated rings. The zero-order valence-electron chi connectivity index (χ0n) is 14.1. The van der Waals surface area contributed by atoms with Gasteiger partial charge < -0.3 is 15.3 Å². The lowest BCUT2D eigenvalue weighted by molar-refractivity contribution is -0.138. The Labute approximate surface area is 142 Å². The van der Waals surface area contributed by atoms with Crippen LogP contribution < -0.4 is 5.48 Å². The fourth-order valence-corrected chi connectivity index (χ4v) is 3.24. The average molecular weight is 337 g/mol. The molecule has 2 rings (SSSR count). The summed E-state index contributed by atoms with van der Waals surface area (Å²) in [5, 5.41) is 28.6. The molecule has 0 aliphatic heterocycles. The molecule has 0 spiro atoms. The lowest BCUT2D eigenvalue weighted by atomic mass is 9.79. The number of aliphatic carboxylic acids is 1. The molecular weight excluding hydrogens is 310 g/mol. The number of carbonyl (C=O) groups is 1. The first-order valence-electron chi connectivity index (χ1n) is 8.71. The standard InChI is InChI=1S/C18H27NO5/c1-2-3-4-5-12(20)6-7-13-14-10-16(15(14)11-17(13)21)19-24-9-8-18(22)23/h12-14,17,19-21H,2-5,8-11H2,1H3,(H,22,23). The number of carboxylic acid groups (broad SMARTS) is 1. The van der Waals surface area contributed by atoms with Gasteiger partial charge in [0.15, 0.2) is 0 Å². The third-order valence-electron chi connectivity index (χ3n) is 4.65. The molecule has 2 aliphatic rings. The van der Waals surface area contributed by atoms with E-state index in [4.69, 9.17) is 9.94 Å². The van der Waals surface area contributed by atoms with Crippen molar-refractivity contribution in [3.63, 3.8) is 0 Å². The van der Waals surface area contributed by atoms with Gasteiger partial charge in [-0.15, -0.1) is 0 Å². The maximum absolute atomic E-state index is 10.4. The van der Waals surface area contributed by atoms with Gasteiger partial charge >= 0.3 is 5.97 Å². The lowest BCUT2D eigenvalue weighted by Gasteiger charge is -2.30. The molecule has 0 aromatic carbocycles. The summed E-state index contributed by atoms with van der Waals surface area (Å²) in [4.78, 5) is 15.6. The van der Waals surface area contributed by atoms with Crippen LogP contribution in [0.5, 0.6) is 0 Å². The number of hydroxylamine groups is 1. The highest BCUT2D eigenvalue weighted by Gasteiger charge is 2.45. The Morgan fingerprint density at radius 3 is 2.92 bits per heavy atom. The van der Waals surface area contributed by atoms with E-state index in [1.54, 1.807) is 0 Å². The molecule has 6 heteroatoms.